The predicted octanol–water partition coefficient (Wildman–Crippen LogP) is 2.46. The van der Waals surface area contributed by atoms with Crippen molar-refractivity contribution in [2.75, 3.05) is 31.1 Å². The van der Waals surface area contributed by atoms with Crippen LogP contribution in [0.2, 0.25) is 0 Å². The molecule has 0 aliphatic carbocycles. The molecule has 2 fully saturated rings. The Kier molecular flexibility index (Phi) is 4.73. The second kappa shape index (κ2) is 7.32. The number of carbonyl (C=O) groups is 1. The van der Waals surface area contributed by atoms with Crippen LogP contribution in [0.25, 0.3) is 5.69 Å². The van der Waals surface area contributed by atoms with E-state index in [4.69, 9.17) is 0 Å². The van der Waals surface area contributed by atoms with Crippen LogP contribution in [0, 0.1) is 0 Å². The lowest BCUT2D eigenvalue weighted by Crippen LogP contribution is -2.35. The van der Waals surface area contributed by atoms with Crippen molar-refractivity contribution in [3.05, 3.63) is 52.3 Å². The maximum atomic E-state index is 12.6. The lowest BCUT2D eigenvalue weighted by molar-refractivity contribution is 0.0724. The van der Waals surface area contributed by atoms with E-state index in [2.05, 4.69) is 10.00 Å². The fourth-order valence-electron chi connectivity index (χ4n) is 3.73. The fraction of sp³-hybridized carbons (Fsp3) is 0.450. The van der Waals surface area contributed by atoms with Gasteiger partial charge in [-0.2, -0.15) is 4.68 Å². The zero-order valence-electron chi connectivity index (χ0n) is 14.9. The molecule has 1 aromatic carbocycles. The smallest absolute Gasteiger partial charge is 0.271 e. The highest BCUT2D eigenvalue weighted by Crippen LogP contribution is 2.18. The number of carbonyl (C=O) groups excluding carboxylic acids is 1. The topological polar surface area (TPSA) is 58.4 Å². The second-order valence-corrected chi connectivity index (χ2v) is 7.04. The van der Waals surface area contributed by atoms with Gasteiger partial charge in [-0.25, -0.2) is 0 Å². The van der Waals surface area contributed by atoms with Gasteiger partial charge in [-0.1, -0.05) is 0 Å². The van der Waals surface area contributed by atoms with Crippen molar-refractivity contribution in [3.63, 3.8) is 0 Å². The summed E-state index contributed by atoms with van der Waals surface area (Å²) < 4.78 is 1.42. The van der Waals surface area contributed by atoms with Gasteiger partial charge in [0.2, 0.25) is 0 Å². The number of rotatable bonds is 3. The van der Waals surface area contributed by atoms with Crippen molar-refractivity contribution in [1.82, 2.24) is 14.7 Å². The Morgan fingerprint density at radius 3 is 2.15 bits per heavy atom. The number of hydrogen-bond donors (Lipinski definition) is 0. The summed E-state index contributed by atoms with van der Waals surface area (Å²) in [5.74, 6) is 0.901. The summed E-state index contributed by atoms with van der Waals surface area (Å²) in [5, 5.41) is 4.52. The maximum Gasteiger partial charge on any atom is 0.271 e. The Labute approximate surface area is 153 Å². The Bertz CT molecular complexity index is 832. The van der Waals surface area contributed by atoms with Crippen LogP contribution in [-0.4, -0.2) is 46.8 Å². The number of benzene rings is 1. The summed E-state index contributed by atoms with van der Waals surface area (Å²) in [6.07, 6.45) is 5.67. The summed E-state index contributed by atoms with van der Waals surface area (Å²) >= 11 is 0. The van der Waals surface area contributed by atoms with Crippen LogP contribution in [0.4, 0.5) is 5.82 Å². The van der Waals surface area contributed by atoms with Crippen LogP contribution in [0.5, 0.6) is 0 Å². The first kappa shape index (κ1) is 16.8. The van der Waals surface area contributed by atoms with Gasteiger partial charge < -0.3 is 9.80 Å². The third-order valence-electron chi connectivity index (χ3n) is 5.22. The molecule has 0 atom stereocenters. The van der Waals surface area contributed by atoms with E-state index in [1.807, 2.05) is 4.90 Å². The molecule has 2 aliphatic heterocycles. The molecule has 136 valence electrons. The third kappa shape index (κ3) is 3.36. The monoisotopic (exact) mass is 352 g/mol. The van der Waals surface area contributed by atoms with Gasteiger partial charge in [-0.3, -0.25) is 9.59 Å². The van der Waals surface area contributed by atoms with Crippen molar-refractivity contribution >= 4 is 11.7 Å². The van der Waals surface area contributed by atoms with Crippen LogP contribution < -0.4 is 10.5 Å². The predicted molar refractivity (Wildman–Crippen MR) is 101 cm³/mol. The van der Waals surface area contributed by atoms with Gasteiger partial charge in [-0.15, -0.1) is 5.10 Å². The lowest BCUT2D eigenvalue weighted by atomic mass is 10.1. The highest BCUT2D eigenvalue weighted by molar-refractivity contribution is 5.94. The summed E-state index contributed by atoms with van der Waals surface area (Å²) in [5.41, 5.74) is 1.19. The van der Waals surface area contributed by atoms with Crippen LogP contribution >= 0.6 is 0 Å². The van der Waals surface area contributed by atoms with E-state index in [1.54, 1.807) is 36.4 Å². The van der Waals surface area contributed by atoms with E-state index in [9.17, 15) is 9.59 Å². The van der Waals surface area contributed by atoms with E-state index in [1.165, 1.54) is 11.1 Å². The molecule has 0 unspecified atom stereocenters. The molecule has 0 saturated carbocycles. The first-order chi connectivity index (χ1) is 12.7. The minimum atomic E-state index is -0.164. The summed E-state index contributed by atoms with van der Waals surface area (Å²) in [7, 11) is 0. The molecule has 3 heterocycles. The summed E-state index contributed by atoms with van der Waals surface area (Å²) in [6.45, 7) is 3.63. The molecule has 26 heavy (non-hydrogen) atoms. The van der Waals surface area contributed by atoms with Gasteiger partial charge in [0, 0.05) is 37.8 Å². The average Bonchev–Trinajstić information content (AvgIpc) is 3.23. The standard InChI is InChI=1S/C20H24N4O2/c25-19-11-10-18(22-12-4-5-13-22)21-24(19)17-8-6-16(7-9-17)20(26)23-14-2-1-3-15-23/h6-11H,1-5,12-15H2. The van der Waals surface area contributed by atoms with Gasteiger partial charge in [0.15, 0.2) is 0 Å². The first-order valence-electron chi connectivity index (χ1n) is 9.47. The van der Waals surface area contributed by atoms with Gasteiger partial charge in [-0.05, 0) is 62.4 Å². The van der Waals surface area contributed by atoms with Crippen molar-refractivity contribution in [2.24, 2.45) is 0 Å². The third-order valence-corrected chi connectivity index (χ3v) is 5.22. The number of piperidine rings is 1. The molecule has 1 aromatic heterocycles. The van der Waals surface area contributed by atoms with E-state index in [-0.39, 0.29) is 11.5 Å². The van der Waals surface area contributed by atoms with Crippen molar-refractivity contribution in [2.45, 2.75) is 32.1 Å². The lowest BCUT2D eigenvalue weighted by Gasteiger charge is -2.26. The van der Waals surface area contributed by atoms with Crippen molar-refractivity contribution in [1.29, 1.82) is 0 Å². The first-order valence-corrected chi connectivity index (χ1v) is 9.47. The average molecular weight is 352 g/mol. The van der Waals surface area contributed by atoms with Crippen molar-refractivity contribution in [3.8, 4) is 5.69 Å². The number of nitrogens with zero attached hydrogens (tertiary/aromatic N) is 4. The minimum Gasteiger partial charge on any atom is -0.355 e. The maximum absolute atomic E-state index is 12.6. The van der Waals surface area contributed by atoms with Gasteiger partial charge in [0.1, 0.15) is 5.82 Å². The summed E-state index contributed by atoms with van der Waals surface area (Å²) in [4.78, 5) is 28.9. The highest BCUT2D eigenvalue weighted by Gasteiger charge is 2.18. The summed E-state index contributed by atoms with van der Waals surface area (Å²) in [6, 6.07) is 10.6. The van der Waals surface area contributed by atoms with E-state index < -0.39 is 0 Å². The number of hydrogen-bond acceptors (Lipinski definition) is 4. The molecule has 0 spiro atoms. The molecule has 6 heteroatoms. The number of aromatic nitrogens is 2. The molecule has 0 N–H and O–H groups in total. The van der Waals surface area contributed by atoms with Crippen molar-refractivity contribution < 1.29 is 4.79 Å². The van der Waals surface area contributed by atoms with Crippen LogP contribution in [0.1, 0.15) is 42.5 Å². The molecule has 2 aliphatic rings. The van der Waals surface area contributed by atoms with Gasteiger partial charge >= 0.3 is 0 Å². The van der Waals surface area contributed by atoms with Gasteiger partial charge in [0.05, 0.1) is 5.69 Å². The van der Waals surface area contributed by atoms with E-state index >= 15 is 0 Å². The molecule has 1 amide bonds. The minimum absolute atomic E-state index is 0.0716. The van der Waals surface area contributed by atoms with Gasteiger partial charge in [0.25, 0.3) is 11.5 Å². The Morgan fingerprint density at radius 2 is 1.46 bits per heavy atom. The molecule has 2 saturated heterocycles. The fourth-order valence-corrected chi connectivity index (χ4v) is 3.73. The Morgan fingerprint density at radius 1 is 0.808 bits per heavy atom. The van der Waals surface area contributed by atoms with Crippen LogP contribution in [0.3, 0.4) is 0 Å². The SMILES string of the molecule is O=C(c1ccc(-n2nc(N3CCCC3)ccc2=O)cc1)N1CCCCC1. The molecule has 2 aromatic rings. The van der Waals surface area contributed by atoms with Crippen LogP contribution in [-0.2, 0) is 0 Å². The molecule has 6 nitrogen and oxygen atoms in total. The highest BCUT2D eigenvalue weighted by atomic mass is 16.2. The number of likely N-dealkylation sites (tertiary alicyclic amines) is 1. The molecular formula is C20H24N4O2. The van der Waals surface area contributed by atoms with Crippen LogP contribution in [0.15, 0.2) is 41.2 Å². The normalized spacial score (nSPS) is 17.5. The molecule has 4 rings (SSSR count). The van der Waals surface area contributed by atoms with E-state index in [0.717, 1.165) is 57.7 Å². The number of anilines is 1. The Balaban J connectivity index is 1.57. The molecule has 0 bridgehead atoms. The molecule has 0 radical (unpaired) electrons. The quantitative estimate of drug-likeness (QED) is 0.851. The largest absolute Gasteiger partial charge is 0.355 e. The molecular weight excluding hydrogens is 328 g/mol. The number of amides is 1. The zero-order valence-corrected chi connectivity index (χ0v) is 14.9. The van der Waals surface area contributed by atoms with E-state index in [0.29, 0.717) is 11.3 Å². The second-order valence-electron chi connectivity index (χ2n) is 7.04. The Hall–Kier alpha value is -2.63. The zero-order chi connectivity index (χ0) is 17.9.